The summed E-state index contributed by atoms with van der Waals surface area (Å²) in [5.41, 5.74) is 0.975. The van der Waals surface area contributed by atoms with Gasteiger partial charge >= 0.3 is 0 Å². The highest BCUT2D eigenvalue weighted by molar-refractivity contribution is 7.88. The van der Waals surface area contributed by atoms with Gasteiger partial charge in [-0.2, -0.15) is 4.31 Å². The second-order valence-electron chi connectivity index (χ2n) is 3.78. The van der Waals surface area contributed by atoms with Crippen molar-refractivity contribution in [1.82, 2.24) is 9.62 Å². The smallest absolute Gasteiger partial charge is 0.235 e. The molecule has 0 saturated carbocycles. The summed E-state index contributed by atoms with van der Waals surface area (Å²) in [5, 5.41) is 2.66. The van der Waals surface area contributed by atoms with Crippen molar-refractivity contribution in [2.24, 2.45) is 0 Å². The van der Waals surface area contributed by atoms with Crippen LogP contribution in [0.1, 0.15) is 5.56 Å². The number of benzene rings is 1. The van der Waals surface area contributed by atoms with Crippen LogP contribution in [0.5, 0.6) is 0 Å². The first-order valence-corrected chi connectivity index (χ1v) is 6.96. The first kappa shape index (κ1) is 13.7. The van der Waals surface area contributed by atoms with Crippen molar-refractivity contribution >= 4 is 15.9 Å². The van der Waals surface area contributed by atoms with E-state index in [4.69, 9.17) is 0 Å². The molecule has 6 heteroatoms. The van der Waals surface area contributed by atoms with Gasteiger partial charge in [0.1, 0.15) is 0 Å². The quantitative estimate of drug-likeness (QED) is 0.818. The number of hydrogen-bond donors (Lipinski definition) is 1. The molecule has 0 saturated heterocycles. The van der Waals surface area contributed by atoms with Gasteiger partial charge in [0, 0.05) is 13.6 Å². The van der Waals surface area contributed by atoms with Crippen LogP contribution in [0, 0.1) is 0 Å². The molecule has 5 nitrogen and oxygen atoms in total. The maximum absolute atomic E-state index is 11.5. The Morgan fingerprint density at radius 3 is 2.41 bits per heavy atom. The van der Waals surface area contributed by atoms with E-state index in [1.165, 1.54) is 7.05 Å². The minimum absolute atomic E-state index is 0.161. The van der Waals surface area contributed by atoms with E-state index >= 15 is 0 Å². The molecular formula is C11H16N2O3S. The second-order valence-corrected chi connectivity index (χ2v) is 5.87. The molecule has 17 heavy (non-hydrogen) atoms. The molecule has 1 aromatic carbocycles. The fraction of sp³-hybridized carbons (Fsp3) is 0.364. The Morgan fingerprint density at radius 1 is 1.29 bits per heavy atom. The molecule has 0 fully saturated rings. The normalized spacial score (nSPS) is 11.5. The van der Waals surface area contributed by atoms with E-state index < -0.39 is 10.0 Å². The van der Waals surface area contributed by atoms with Crippen LogP contribution < -0.4 is 5.32 Å². The number of sulfonamides is 1. The topological polar surface area (TPSA) is 66.5 Å². The molecule has 1 rings (SSSR count). The average molecular weight is 256 g/mol. The van der Waals surface area contributed by atoms with Crippen LogP contribution in [0.3, 0.4) is 0 Å². The summed E-state index contributed by atoms with van der Waals surface area (Å²) in [7, 11) is -1.94. The van der Waals surface area contributed by atoms with Crippen molar-refractivity contribution in [1.29, 1.82) is 0 Å². The van der Waals surface area contributed by atoms with E-state index in [0.717, 1.165) is 16.1 Å². The zero-order chi connectivity index (χ0) is 12.9. The summed E-state index contributed by atoms with van der Waals surface area (Å²) in [6.45, 7) is 0.239. The lowest BCUT2D eigenvalue weighted by Gasteiger charge is -2.13. The molecule has 0 heterocycles. The lowest BCUT2D eigenvalue weighted by Crippen LogP contribution is -2.37. The summed E-state index contributed by atoms with van der Waals surface area (Å²) in [4.78, 5) is 11.5. The SMILES string of the molecule is CN(CC(=O)NCc1ccccc1)S(C)(=O)=O. The Kier molecular flexibility index (Phi) is 4.65. The Hall–Kier alpha value is -1.40. The molecule has 0 bridgehead atoms. The molecule has 0 aliphatic heterocycles. The Bertz CT molecular complexity index is 471. The first-order chi connectivity index (χ1) is 7.89. The van der Waals surface area contributed by atoms with Crippen molar-refractivity contribution in [3.05, 3.63) is 35.9 Å². The number of nitrogens with zero attached hydrogens (tertiary/aromatic N) is 1. The van der Waals surface area contributed by atoms with E-state index in [1.807, 2.05) is 30.3 Å². The lowest BCUT2D eigenvalue weighted by atomic mass is 10.2. The largest absolute Gasteiger partial charge is 0.351 e. The third-order valence-electron chi connectivity index (χ3n) is 2.26. The number of carbonyl (C=O) groups excluding carboxylic acids is 1. The minimum Gasteiger partial charge on any atom is -0.351 e. The predicted molar refractivity (Wildman–Crippen MR) is 65.8 cm³/mol. The summed E-state index contributed by atoms with van der Waals surface area (Å²) < 4.78 is 23.2. The molecule has 1 N–H and O–H groups in total. The highest BCUT2D eigenvalue weighted by Crippen LogP contribution is 1.97. The lowest BCUT2D eigenvalue weighted by molar-refractivity contribution is -0.121. The molecule has 1 aromatic rings. The average Bonchev–Trinajstić information content (AvgIpc) is 2.26. The fourth-order valence-corrected chi connectivity index (χ4v) is 1.52. The molecule has 0 radical (unpaired) electrons. The van der Waals surface area contributed by atoms with Crippen LogP contribution in [0.25, 0.3) is 0 Å². The summed E-state index contributed by atoms with van der Waals surface area (Å²) in [6, 6.07) is 9.43. The van der Waals surface area contributed by atoms with E-state index in [0.29, 0.717) is 6.54 Å². The standard InChI is InChI=1S/C11H16N2O3S/c1-13(17(2,15)16)9-11(14)12-8-10-6-4-3-5-7-10/h3-7H,8-9H2,1-2H3,(H,12,14). The Balaban J connectivity index is 2.41. The van der Waals surface area contributed by atoms with Gasteiger partial charge in [-0.25, -0.2) is 8.42 Å². The van der Waals surface area contributed by atoms with Crippen molar-refractivity contribution in [2.75, 3.05) is 19.8 Å². The number of hydrogen-bond acceptors (Lipinski definition) is 3. The zero-order valence-electron chi connectivity index (χ0n) is 9.88. The third-order valence-corrected chi connectivity index (χ3v) is 3.53. The molecule has 0 atom stereocenters. The number of carbonyl (C=O) groups is 1. The van der Waals surface area contributed by atoms with E-state index in [1.54, 1.807) is 0 Å². The highest BCUT2D eigenvalue weighted by Gasteiger charge is 2.14. The fourth-order valence-electron chi connectivity index (χ4n) is 1.17. The molecule has 0 aliphatic carbocycles. The number of amides is 1. The monoisotopic (exact) mass is 256 g/mol. The first-order valence-electron chi connectivity index (χ1n) is 5.11. The number of likely N-dealkylation sites (N-methyl/N-ethyl adjacent to an activating group) is 1. The third kappa shape index (κ3) is 4.97. The molecule has 0 aliphatic rings. The van der Waals surface area contributed by atoms with Gasteiger partial charge in [0.15, 0.2) is 0 Å². The van der Waals surface area contributed by atoms with Gasteiger partial charge in [0.05, 0.1) is 12.8 Å². The zero-order valence-corrected chi connectivity index (χ0v) is 10.7. The van der Waals surface area contributed by atoms with Crippen molar-refractivity contribution in [3.63, 3.8) is 0 Å². The van der Waals surface area contributed by atoms with Crippen molar-refractivity contribution < 1.29 is 13.2 Å². The molecule has 0 spiro atoms. The molecule has 1 amide bonds. The van der Waals surface area contributed by atoms with Gasteiger partial charge in [-0.1, -0.05) is 30.3 Å². The van der Waals surface area contributed by atoms with Gasteiger partial charge in [-0.05, 0) is 5.56 Å². The molecule has 0 unspecified atom stereocenters. The highest BCUT2D eigenvalue weighted by atomic mass is 32.2. The van der Waals surface area contributed by atoms with Gasteiger partial charge in [0.25, 0.3) is 0 Å². The van der Waals surface area contributed by atoms with Crippen LogP contribution in [0.2, 0.25) is 0 Å². The maximum atomic E-state index is 11.5. The van der Waals surface area contributed by atoms with Gasteiger partial charge in [-0.3, -0.25) is 4.79 Å². The number of nitrogens with one attached hydrogen (secondary N) is 1. The second kappa shape index (κ2) is 5.79. The molecular weight excluding hydrogens is 240 g/mol. The van der Waals surface area contributed by atoms with Crippen molar-refractivity contribution in [2.45, 2.75) is 6.54 Å². The van der Waals surface area contributed by atoms with Crippen LogP contribution in [0.15, 0.2) is 30.3 Å². The molecule has 0 aromatic heterocycles. The Morgan fingerprint density at radius 2 is 1.88 bits per heavy atom. The van der Waals surface area contributed by atoms with Crippen LogP contribution in [-0.4, -0.2) is 38.5 Å². The van der Waals surface area contributed by atoms with Gasteiger partial charge in [-0.15, -0.1) is 0 Å². The van der Waals surface area contributed by atoms with E-state index in [-0.39, 0.29) is 12.5 Å². The van der Waals surface area contributed by atoms with Crippen LogP contribution in [0.4, 0.5) is 0 Å². The maximum Gasteiger partial charge on any atom is 0.235 e. The molecule has 94 valence electrons. The van der Waals surface area contributed by atoms with Gasteiger partial charge in [0.2, 0.25) is 15.9 Å². The van der Waals surface area contributed by atoms with E-state index in [9.17, 15) is 13.2 Å². The van der Waals surface area contributed by atoms with Crippen LogP contribution >= 0.6 is 0 Å². The van der Waals surface area contributed by atoms with E-state index in [2.05, 4.69) is 5.32 Å². The Labute approximate surface area is 101 Å². The van der Waals surface area contributed by atoms with Crippen LogP contribution in [-0.2, 0) is 21.4 Å². The van der Waals surface area contributed by atoms with Crippen molar-refractivity contribution in [3.8, 4) is 0 Å². The summed E-state index contributed by atoms with van der Waals surface area (Å²) in [5.74, 6) is -0.318. The number of rotatable bonds is 5. The summed E-state index contributed by atoms with van der Waals surface area (Å²) >= 11 is 0. The predicted octanol–water partition coefficient (Wildman–Crippen LogP) is 0.194. The summed E-state index contributed by atoms with van der Waals surface area (Å²) in [6.07, 6.45) is 1.07. The minimum atomic E-state index is -3.31. The van der Waals surface area contributed by atoms with Gasteiger partial charge < -0.3 is 5.32 Å².